The van der Waals surface area contributed by atoms with Crippen LogP contribution in [0.3, 0.4) is 0 Å². The van der Waals surface area contributed by atoms with E-state index in [9.17, 15) is 4.39 Å². The smallest absolute Gasteiger partial charge is 0.161 e. The fourth-order valence-corrected chi connectivity index (χ4v) is 2.26. The summed E-state index contributed by atoms with van der Waals surface area (Å²) in [4.78, 5) is 0. The first-order valence-corrected chi connectivity index (χ1v) is 7.53. The number of hydrogen-bond donors (Lipinski definition) is 2. The summed E-state index contributed by atoms with van der Waals surface area (Å²) >= 11 is 0. The van der Waals surface area contributed by atoms with Gasteiger partial charge in [0.2, 0.25) is 0 Å². The van der Waals surface area contributed by atoms with Crippen molar-refractivity contribution < 1.29 is 19.0 Å². The van der Waals surface area contributed by atoms with E-state index in [1.165, 1.54) is 12.1 Å². The van der Waals surface area contributed by atoms with Crippen molar-refractivity contribution in [2.24, 2.45) is 0 Å². The Bertz CT molecular complexity index is 633. The predicted molar refractivity (Wildman–Crippen MR) is 87.2 cm³/mol. The molecule has 5 heteroatoms. The first-order chi connectivity index (χ1) is 11.1. The molecular formula is C18H22FNO3. The summed E-state index contributed by atoms with van der Waals surface area (Å²) in [7, 11) is 1.58. The zero-order valence-electron chi connectivity index (χ0n) is 13.4. The van der Waals surface area contributed by atoms with Crippen LogP contribution in [0.25, 0.3) is 0 Å². The third-order valence-corrected chi connectivity index (χ3v) is 3.54. The summed E-state index contributed by atoms with van der Waals surface area (Å²) in [6.45, 7) is 2.79. The van der Waals surface area contributed by atoms with E-state index in [1.807, 2.05) is 31.2 Å². The van der Waals surface area contributed by atoms with E-state index in [0.717, 1.165) is 11.1 Å². The molecule has 0 aromatic heterocycles. The van der Waals surface area contributed by atoms with Crippen molar-refractivity contribution in [3.63, 3.8) is 0 Å². The van der Waals surface area contributed by atoms with Gasteiger partial charge >= 0.3 is 0 Å². The number of methoxy groups -OCH3 is 1. The quantitative estimate of drug-likeness (QED) is 0.785. The highest BCUT2D eigenvalue weighted by Gasteiger charge is 2.08. The van der Waals surface area contributed by atoms with Crippen LogP contribution in [0, 0.1) is 5.82 Å². The lowest BCUT2D eigenvalue weighted by Crippen LogP contribution is -2.18. The van der Waals surface area contributed by atoms with Gasteiger partial charge in [-0.3, -0.25) is 0 Å². The molecular weight excluding hydrogens is 297 g/mol. The van der Waals surface area contributed by atoms with E-state index in [1.54, 1.807) is 13.2 Å². The van der Waals surface area contributed by atoms with Gasteiger partial charge in [-0.15, -0.1) is 0 Å². The van der Waals surface area contributed by atoms with Crippen molar-refractivity contribution in [3.05, 3.63) is 59.4 Å². The van der Waals surface area contributed by atoms with Crippen LogP contribution in [-0.4, -0.2) is 25.4 Å². The predicted octanol–water partition coefficient (Wildman–Crippen LogP) is 3.06. The molecule has 0 saturated heterocycles. The van der Waals surface area contributed by atoms with Crippen molar-refractivity contribution in [1.82, 2.24) is 5.32 Å². The van der Waals surface area contributed by atoms with Gasteiger partial charge < -0.3 is 19.9 Å². The molecule has 2 aromatic carbocycles. The number of nitrogens with one attached hydrogen (secondary N) is 1. The zero-order chi connectivity index (χ0) is 16.7. The van der Waals surface area contributed by atoms with Crippen LogP contribution in [-0.2, 0) is 6.54 Å². The summed E-state index contributed by atoms with van der Waals surface area (Å²) in [5, 5.41) is 12.2. The standard InChI is InChI=1S/C18H22FNO3/c1-13(15-4-3-5-16(19)11-15)20-12-14-6-7-17(23-9-8-21)18(10-14)22-2/h3-7,10-11,13,20-21H,8-9,12H2,1-2H3. The first kappa shape index (κ1) is 17.2. The summed E-state index contributed by atoms with van der Waals surface area (Å²) < 4.78 is 24.0. The minimum Gasteiger partial charge on any atom is -0.493 e. The Kier molecular flexibility index (Phi) is 6.38. The highest BCUT2D eigenvalue weighted by Crippen LogP contribution is 2.28. The van der Waals surface area contributed by atoms with Gasteiger partial charge in [0.25, 0.3) is 0 Å². The highest BCUT2D eigenvalue weighted by atomic mass is 19.1. The number of hydrogen-bond acceptors (Lipinski definition) is 4. The van der Waals surface area contributed by atoms with Gasteiger partial charge in [0.05, 0.1) is 13.7 Å². The molecule has 0 spiro atoms. The maximum atomic E-state index is 13.3. The second-order valence-corrected chi connectivity index (χ2v) is 5.21. The average molecular weight is 319 g/mol. The molecule has 124 valence electrons. The van der Waals surface area contributed by atoms with Crippen LogP contribution in [0.2, 0.25) is 0 Å². The summed E-state index contributed by atoms with van der Waals surface area (Å²) in [6.07, 6.45) is 0. The topological polar surface area (TPSA) is 50.7 Å². The molecule has 0 aliphatic heterocycles. The fraction of sp³-hybridized carbons (Fsp3) is 0.333. The molecule has 0 bridgehead atoms. The summed E-state index contributed by atoms with van der Waals surface area (Å²) in [5.74, 6) is 0.989. The van der Waals surface area contributed by atoms with Crippen LogP contribution in [0.5, 0.6) is 11.5 Å². The van der Waals surface area contributed by atoms with Gasteiger partial charge in [0, 0.05) is 12.6 Å². The molecule has 0 aliphatic rings. The lowest BCUT2D eigenvalue weighted by molar-refractivity contribution is 0.196. The van der Waals surface area contributed by atoms with Gasteiger partial charge in [0.15, 0.2) is 11.5 Å². The Morgan fingerprint density at radius 2 is 2.00 bits per heavy atom. The molecule has 2 rings (SSSR count). The van der Waals surface area contributed by atoms with Gasteiger partial charge in [0.1, 0.15) is 12.4 Å². The van der Waals surface area contributed by atoms with E-state index < -0.39 is 0 Å². The third-order valence-electron chi connectivity index (χ3n) is 3.54. The highest BCUT2D eigenvalue weighted by molar-refractivity contribution is 5.43. The maximum absolute atomic E-state index is 13.3. The Morgan fingerprint density at radius 1 is 1.17 bits per heavy atom. The molecule has 0 saturated carbocycles. The summed E-state index contributed by atoms with van der Waals surface area (Å²) in [5.41, 5.74) is 1.93. The molecule has 1 unspecified atom stereocenters. The van der Waals surface area contributed by atoms with Crippen molar-refractivity contribution in [3.8, 4) is 11.5 Å². The van der Waals surface area contributed by atoms with Gasteiger partial charge in [-0.25, -0.2) is 4.39 Å². The Labute approximate surface area is 135 Å². The molecule has 2 N–H and O–H groups in total. The lowest BCUT2D eigenvalue weighted by Gasteiger charge is -2.16. The molecule has 4 nitrogen and oxygen atoms in total. The Morgan fingerprint density at radius 3 is 2.70 bits per heavy atom. The lowest BCUT2D eigenvalue weighted by atomic mass is 10.1. The normalized spacial score (nSPS) is 12.0. The van der Waals surface area contributed by atoms with E-state index in [4.69, 9.17) is 14.6 Å². The molecule has 0 aliphatic carbocycles. The minimum absolute atomic E-state index is 0.0296. The van der Waals surface area contributed by atoms with Crippen molar-refractivity contribution in [2.45, 2.75) is 19.5 Å². The van der Waals surface area contributed by atoms with Crippen molar-refractivity contribution in [1.29, 1.82) is 0 Å². The number of rotatable bonds is 8. The first-order valence-electron chi connectivity index (χ1n) is 7.53. The van der Waals surface area contributed by atoms with E-state index in [0.29, 0.717) is 18.0 Å². The van der Waals surface area contributed by atoms with E-state index in [2.05, 4.69) is 5.32 Å². The van der Waals surface area contributed by atoms with Crippen LogP contribution < -0.4 is 14.8 Å². The van der Waals surface area contributed by atoms with E-state index in [-0.39, 0.29) is 25.1 Å². The number of ether oxygens (including phenoxy) is 2. The largest absolute Gasteiger partial charge is 0.493 e. The Balaban J connectivity index is 2.00. The molecule has 0 fully saturated rings. The van der Waals surface area contributed by atoms with Crippen LogP contribution in [0.1, 0.15) is 24.1 Å². The third kappa shape index (κ3) is 4.94. The monoisotopic (exact) mass is 319 g/mol. The SMILES string of the molecule is COc1cc(CNC(C)c2cccc(F)c2)ccc1OCCO. The van der Waals surface area contributed by atoms with Crippen LogP contribution in [0.15, 0.2) is 42.5 Å². The average Bonchev–Trinajstić information content (AvgIpc) is 2.58. The van der Waals surface area contributed by atoms with Crippen molar-refractivity contribution >= 4 is 0 Å². The molecule has 0 amide bonds. The second kappa shape index (κ2) is 8.50. The van der Waals surface area contributed by atoms with Crippen molar-refractivity contribution in [2.75, 3.05) is 20.3 Å². The maximum Gasteiger partial charge on any atom is 0.161 e. The van der Waals surface area contributed by atoms with E-state index >= 15 is 0 Å². The number of aliphatic hydroxyl groups excluding tert-OH is 1. The Hall–Kier alpha value is -2.11. The number of aliphatic hydroxyl groups is 1. The van der Waals surface area contributed by atoms with Crippen LogP contribution >= 0.6 is 0 Å². The minimum atomic E-state index is -0.233. The van der Waals surface area contributed by atoms with Crippen LogP contribution in [0.4, 0.5) is 4.39 Å². The number of benzene rings is 2. The fourth-order valence-electron chi connectivity index (χ4n) is 2.26. The number of halogens is 1. The molecule has 2 aromatic rings. The second-order valence-electron chi connectivity index (χ2n) is 5.21. The van der Waals surface area contributed by atoms with Gasteiger partial charge in [-0.05, 0) is 42.3 Å². The molecule has 0 heterocycles. The molecule has 23 heavy (non-hydrogen) atoms. The van der Waals surface area contributed by atoms with Gasteiger partial charge in [-0.2, -0.15) is 0 Å². The zero-order valence-corrected chi connectivity index (χ0v) is 13.4. The molecule has 0 radical (unpaired) electrons. The molecule has 1 atom stereocenters. The summed E-state index contributed by atoms with van der Waals surface area (Å²) in [6, 6.07) is 12.2. The van der Waals surface area contributed by atoms with Gasteiger partial charge in [-0.1, -0.05) is 18.2 Å².